The van der Waals surface area contributed by atoms with Gasteiger partial charge < -0.3 is 15.0 Å². The second-order valence-corrected chi connectivity index (χ2v) is 7.57. The Balaban J connectivity index is 1.55. The van der Waals surface area contributed by atoms with E-state index in [1.807, 2.05) is 36.4 Å². The van der Waals surface area contributed by atoms with Crippen molar-refractivity contribution in [3.63, 3.8) is 0 Å². The van der Waals surface area contributed by atoms with Gasteiger partial charge in [-0.05, 0) is 35.4 Å². The lowest BCUT2D eigenvalue weighted by atomic mass is 10.0. The average molecular weight is 375 g/mol. The highest BCUT2D eigenvalue weighted by molar-refractivity contribution is 5.98. The second-order valence-electron chi connectivity index (χ2n) is 7.57. The number of hydrogen-bond donors (Lipinski definition) is 2. The van der Waals surface area contributed by atoms with Crippen LogP contribution in [0.1, 0.15) is 27.5 Å². The number of amides is 1. The third-order valence-corrected chi connectivity index (χ3v) is 5.49. The van der Waals surface area contributed by atoms with Crippen LogP contribution in [0.15, 0.2) is 66.7 Å². The highest BCUT2D eigenvalue weighted by Crippen LogP contribution is 2.18. The van der Waals surface area contributed by atoms with E-state index >= 15 is 0 Å². The number of fused-ring (bicyclic) bond motifs is 1. The molecule has 0 spiro atoms. The molecule has 0 aromatic heterocycles. The van der Waals surface area contributed by atoms with Crippen LogP contribution in [0.25, 0.3) is 10.8 Å². The van der Waals surface area contributed by atoms with Crippen molar-refractivity contribution in [1.82, 2.24) is 5.32 Å². The highest BCUT2D eigenvalue weighted by atomic mass is 16.5. The summed E-state index contributed by atoms with van der Waals surface area (Å²) in [4.78, 5) is 14.5. The van der Waals surface area contributed by atoms with E-state index in [4.69, 9.17) is 4.74 Å². The maximum absolute atomic E-state index is 13.0. The predicted molar refractivity (Wildman–Crippen MR) is 112 cm³/mol. The summed E-state index contributed by atoms with van der Waals surface area (Å²) in [5.41, 5.74) is 3.08. The Bertz CT molecular complexity index is 946. The molecule has 0 unspecified atom stereocenters. The molecular weight excluding hydrogens is 348 g/mol. The molecule has 2 N–H and O–H groups in total. The summed E-state index contributed by atoms with van der Waals surface area (Å²) in [6.45, 7) is 6.48. The van der Waals surface area contributed by atoms with E-state index in [1.165, 1.54) is 10.5 Å². The summed E-state index contributed by atoms with van der Waals surface area (Å²) in [5.74, 6) is -0.0241. The van der Waals surface area contributed by atoms with Crippen molar-refractivity contribution in [2.24, 2.45) is 0 Å². The van der Waals surface area contributed by atoms with Crippen molar-refractivity contribution in [3.05, 3.63) is 83.4 Å². The summed E-state index contributed by atoms with van der Waals surface area (Å²) in [5, 5.41) is 5.51. The number of carbonyl (C=O) groups is 1. The van der Waals surface area contributed by atoms with Crippen LogP contribution in [0.4, 0.5) is 0 Å². The zero-order chi connectivity index (χ0) is 19.3. The number of nitrogens with one attached hydrogen (secondary N) is 2. The zero-order valence-corrected chi connectivity index (χ0v) is 16.3. The third-order valence-electron chi connectivity index (χ3n) is 5.49. The molecule has 1 aliphatic rings. The third kappa shape index (κ3) is 4.41. The molecule has 0 aliphatic carbocycles. The molecule has 1 fully saturated rings. The van der Waals surface area contributed by atoms with Crippen molar-refractivity contribution < 1.29 is 14.4 Å². The molecule has 1 heterocycles. The summed E-state index contributed by atoms with van der Waals surface area (Å²) in [7, 11) is 0. The van der Waals surface area contributed by atoms with E-state index in [0.29, 0.717) is 5.56 Å². The smallest absolute Gasteiger partial charge is 0.251 e. The van der Waals surface area contributed by atoms with Crippen LogP contribution in [0.2, 0.25) is 0 Å². The topological polar surface area (TPSA) is 42.8 Å². The number of hydrogen-bond acceptors (Lipinski definition) is 2. The normalized spacial score (nSPS) is 16.0. The van der Waals surface area contributed by atoms with Gasteiger partial charge in [0, 0.05) is 5.56 Å². The van der Waals surface area contributed by atoms with Gasteiger partial charge in [0.15, 0.2) is 0 Å². The van der Waals surface area contributed by atoms with Crippen LogP contribution >= 0.6 is 0 Å². The number of carbonyl (C=O) groups excluding carboxylic acids is 1. The number of quaternary nitrogens is 1. The first-order valence-corrected chi connectivity index (χ1v) is 9.96. The molecule has 1 aliphatic heterocycles. The maximum Gasteiger partial charge on any atom is 0.251 e. The quantitative estimate of drug-likeness (QED) is 0.720. The van der Waals surface area contributed by atoms with Crippen LogP contribution < -0.4 is 10.2 Å². The van der Waals surface area contributed by atoms with Gasteiger partial charge in [-0.25, -0.2) is 0 Å². The minimum atomic E-state index is -0.0241. The lowest BCUT2D eigenvalue weighted by Crippen LogP contribution is -3.14. The Kier molecular flexibility index (Phi) is 5.70. The molecule has 1 atom stereocenters. The van der Waals surface area contributed by atoms with Gasteiger partial charge in [0.2, 0.25) is 0 Å². The Hall–Kier alpha value is -2.69. The Morgan fingerprint density at radius 1 is 1.00 bits per heavy atom. The maximum atomic E-state index is 13.0. The van der Waals surface area contributed by atoms with Gasteiger partial charge in [-0.3, -0.25) is 4.79 Å². The van der Waals surface area contributed by atoms with Gasteiger partial charge in [-0.2, -0.15) is 0 Å². The summed E-state index contributed by atoms with van der Waals surface area (Å²) >= 11 is 0. The summed E-state index contributed by atoms with van der Waals surface area (Å²) in [6, 6.07) is 22.5. The average Bonchev–Trinajstić information content (AvgIpc) is 2.74. The lowest BCUT2D eigenvalue weighted by Gasteiger charge is -2.28. The van der Waals surface area contributed by atoms with Crippen molar-refractivity contribution in [3.8, 4) is 0 Å². The number of morpholine rings is 1. The van der Waals surface area contributed by atoms with Crippen molar-refractivity contribution >= 4 is 16.7 Å². The molecule has 3 aromatic rings. The molecule has 3 aromatic carbocycles. The Labute approximate surface area is 166 Å². The van der Waals surface area contributed by atoms with Crippen LogP contribution in [0.5, 0.6) is 0 Å². The number of rotatable bonds is 5. The first-order chi connectivity index (χ1) is 13.7. The van der Waals surface area contributed by atoms with Crippen molar-refractivity contribution in [1.29, 1.82) is 0 Å². The standard InChI is InChI=1S/C24H26N2O2/c1-18-6-8-20(9-7-18)23(17-26-12-14-28-15-13-26)25-24(27)22-11-10-19-4-2-3-5-21(19)16-22/h2-11,16,23H,12-15,17H2,1H3,(H,25,27)/p+1/t23-/m0/s1. The first-order valence-electron chi connectivity index (χ1n) is 9.96. The molecule has 1 amide bonds. The molecule has 4 rings (SSSR count). The fourth-order valence-electron chi connectivity index (χ4n) is 3.78. The van der Waals surface area contributed by atoms with Crippen molar-refractivity contribution in [2.45, 2.75) is 13.0 Å². The summed E-state index contributed by atoms with van der Waals surface area (Å²) < 4.78 is 5.49. The molecule has 144 valence electrons. The molecule has 1 saturated heterocycles. The molecule has 4 heteroatoms. The SMILES string of the molecule is Cc1ccc([C@H](C[NH+]2CCOCC2)NC(=O)c2ccc3ccccc3c2)cc1. The predicted octanol–water partition coefficient (Wildman–Crippen LogP) is 2.53. The molecule has 0 bridgehead atoms. The molecule has 0 saturated carbocycles. The van der Waals surface area contributed by atoms with E-state index in [-0.39, 0.29) is 11.9 Å². The first kappa shape index (κ1) is 18.7. The van der Waals surface area contributed by atoms with Gasteiger partial charge in [-0.1, -0.05) is 60.2 Å². The minimum Gasteiger partial charge on any atom is -0.370 e. The Morgan fingerprint density at radius 2 is 1.71 bits per heavy atom. The van der Waals surface area contributed by atoms with E-state index in [0.717, 1.165) is 49.2 Å². The second kappa shape index (κ2) is 8.55. The van der Waals surface area contributed by atoms with Crippen LogP contribution in [0, 0.1) is 6.92 Å². The number of aryl methyl sites for hydroxylation is 1. The van der Waals surface area contributed by atoms with Gasteiger partial charge in [0.1, 0.15) is 25.7 Å². The number of ether oxygens (including phenoxy) is 1. The van der Waals surface area contributed by atoms with E-state index in [9.17, 15) is 4.79 Å². The number of benzene rings is 3. The Morgan fingerprint density at radius 3 is 2.46 bits per heavy atom. The fraction of sp³-hybridized carbons (Fsp3) is 0.292. The fourth-order valence-corrected chi connectivity index (χ4v) is 3.78. The van der Waals surface area contributed by atoms with Crippen molar-refractivity contribution in [2.75, 3.05) is 32.8 Å². The van der Waals surface area contributed by atoms with Crippen LogP contribution in [-0.2, 0) is 4.74 Å². The highest BCUT2D eigenvalue weighted by Gasteiger charge is 2.23. The molecule has 4 nitrogen and oxygen atoms in total. The van der Waals surface area contributed by atoms with Crippen LogP contribution in [0.3, 0.4) is 0 Å². The van der Waals surface area contributed by atoms with E-state index in [2.05, 4.69) is 42.6 Å². The van der Waals surface area contributed by atoms with Gasteiger partial charge >= 0.3 is 0 Å². The van der Waals surface area contributed by atoms with Gasteiger partial charge in [0.25, 0.3) is 5.91 Å². The van der Waals surface area contributed by atoms with Crippen LogP contribution in [-0.4, -0.2) is 38.8 Å². The summed E-state index contributed by atoms with van der Waals surface area (Å²) in [6.07, 6.45) is 0. The van der Waals surface area contributed by atoms with Gasteiger partial charge in [-0.15, -0.1) is 0 Å². The van der Waals surface area contributed by atoms with E-state index < -0.39 is 0 Å². The minimum absolute atomic E-state index is 0.0207. The molecular formula is C24H27N2O2+. The van der Waals surface area contributed by atoms with Gasteiger partial charge in [0.05, 0.1) is 13.2 Å². The van der Waals surface area contributed by atoms with E-state index in [1.54, 1.807) is 0 Å². The zero-order valence-electron chi connectivity index (χ0n) is 16.3. The lowest BCUT2D eigenvalue weighted by molar-refractivity contribution is -0.909. The monoisotopic (exact) mass is 375 g/mol. The molecule has 28 heavy (non-hydrogen) atoms. The molecule has 0 radical (unpaired) electrons. The largest absolute Gasteiger partial charge is 0.370 e.